The van der Waals surface area contributed by atoms with Crippen LogP contribution in [-0.2, 0) is 52.4 Å². The SMILES string of the molecule is C.C.C.CC(C)(c1ccc(OS(=O)(=O)F)cc1)c1ccc(OS(=O)(=O)F)cc1.COc1ccc(-c2ccc(OS(=O)(=O)Oc3ccc(C(C)(C)c4ccc(OS(C)(=O)=O)cc4)cc3)cc2)cc1.Oc1ccc(-c2ccc(O)cc2)cc1. The van der Waals surface area contributed by atoms with Crippen LogP contribution in [0.1, 0.15) is 72.2 Å². The van der Waals surface area contributed by atoms with Crippen molar-refractivity contribution in [1.29, 1.82) is 0 Å². The van der Waals surface area contributed by atoms with Crippen molar-refractivity contribution in [3.63, 3.8) is 0 Å². The Morgan fingerprint density at radius 3 is 0.778 bits per heavy atom. The quantitative estimate of drug-likeness (QED) is 0.0637. The fourth-order valence-electron chi connectivity index (χ4n) is 7.49. The van der Waals surface area contributed by atoms with Crippen LogP contribution < -0.4 is 25.7 Å². The first-order chi connectivity index (χ1) is 36.5. The van der Waals surface area contributed by atoms with Gasteiger partial charge in [-0.3, -0.25) is 0 Å². The van der Waals surface area contributed by atoms with E-state index >= 15 is 0 Å². The van der Waals surface area contributed by atoms with Crippen LogP contribution >= 0.6 is 0 Å². The molecule has 0 spiro atoms. The molecule has 0 bridgehead atoms. The molecule has 0 aromatic heterocycles. The molecule has 2 N–H and O–H groups in total. The van der Waals surface area contributed by atoms with E-state index in [0.29, 0.717) is 0 Å². The normalized spacial score (nSPS) is 11.4. The fraction of sp³-hybridized carbons (Fsp3) is 0.186. The summed E-state index contributed by atoms with van der Waals surface area (Å²) >= 11 is 0. The monoisotopic (exact) mass is 1190 g/mol. The standard InChI is InChI=1S/C29H28O8S2.C15H14F2O6S2.C12H10O2.3CH4/c1-29(2,23-9-17-26(18-10-23)35-38(4,30)31)24-11-19-28(20-12-24)37-39(32,33)36-27-15-7-22(8-16-27)21-5-13-25(34-3)14-6-21;1-15(2,11-3-7-13(8-4-11)22-24(16,18)19)12-5-9-14(10-6-12)23-25(17,20)21;13-11-5-1-9(2-6-11)10-3-7-12(14)8-4-10;;;/h5-20H,1-4H3;3-10H,1-2H3;1-8,13-14H;3*1H4. The van der Waals surface area contributed by atoms with E-state index in [4.69, 9.17) is 27.5 Å². The minimum Gasteiger partial charge on any atom is -0.508 e. The van der Waals surface area contributed by atoms with Crippen molar-refractivity contribution in [2.45, 2.75) is 60.8 Å². The lowest BCUT2D eigenvalue weighted by atomic mass is 9.78. The van der Waals surface area contributed by atoms with Gasteiger partial charge in [0.15, 0.2) is 0 Å². The smallest absolute Gasteiger partial charge is 0.500 e. The summed E-state index contributed by atoms with van der Waals surface area (Å²) < 4.78 is 143. The number of hydrogen-bond donors (Lipinski definition) is 2. The Labute approximate surface area is 475 Å². The summed E-state index contributed by atoms with van der Waals surface area (Å²) in [6.45, 7) is 7.70. The van der Waals surface area contributed by atoms with Crippen molar-refractivity contribution in [2.24, 2.45) is 0 Å². The zero-order chi connectivity index (χ0) is 57.1. The molecule has 0 saturated heterocycles. The molecule has 0 fully saturated rings. The molecule has 22 heteroatoms. The van der Waals surface area contributed by atoms with Gasteiger partial charge in [-0.25, -0.2) is 0 Å². The van der Waals surface area contributed by atoms with Crippen molar-refractivity contribution in [2.75, 3.05) is 13.4 Å². The molecule has 0 aliphatic carbocycles. The molecule has 8 aromatic rings. The Morgan fingerprint density at radius 1 is 0.333 bits per heavy atom. The summed E-state index contributed by atoms with van der Waals surface area (Å²) in [6.07, 6.45) is 0.985. The van der Waals surface area contributed by atoms with Crippen molar-refractivity contribution < 1.29 is 77.3 Å². The number of benzene rings is 8. The summed E-state index contributed by atoms with van der Waals surface area (Å²) in [5.74, 6) is 1.36. The van der Waals surface area contributed by atoms with E-state index in [1.165, 1.54) is 24.3 Å². The molecule has 16 nitrogen and oxygen atoms in total. The number of phenols is 2. The summed E-state index contributed by atoms with van der Waals surface area (Å²) in [5, 5.41) is 18.2. The Balaban J connectivity index is 0.000000350. The van der Waals surface area contributed by atoms with Crippen LogP contribution in [0.25, 0.3) is 22.3 Å². The van der Waals surface area contributed by atoms with Crippen LogP contribution in [0.15, 0.2) is 194 Å². The van der Waals surface area contributed by atoms with Gasteiger partial charge < -0.3 is 35.9 Å². The highest BCUT2D eigenvalue weighted by Crippen LogP contribution is 2.36. The largest absolute Gasteiger partial charge is 0.508 e. The van der Waals surface area contributed by atoms with Gasteiger partial charge in [0, 0.05) is 10.8 Å². The third-order valence-corrected chi connectivity index (χ3v) is 13.8. The maximum absolute atomic E-state index is 12.5. The van der Waals surface area contributed by atoms with Crippen molar-refractivity contribution in [1.82, 2.24) is 0 Å². The van der Waals surface area contributed by atoms with Crippen LogP contribution in [0.5, 0.6) is 46.0 Å². The van der Waals surface area contributed by atoms with Gasteiger partial charge in [0.05, 0.1) is 13.4 Å². The van der Waals surface area contributed by atoms with E-state index in [-0.39, 0.29) is 62.5 Å². The van der Waals surface area contributed by atoms with E-state index in [9.17, 15) is 41.4 Å². The Morgan fingerprint density at radius 2 is 0.543 bits per heavy atom. The third-order valence-electron chi connectivity index (χ3n) is 11.7. The lowest BCUT2D eigenvalue weighted by molar-refractivity contribution is 0.392. The van der Waals surface area contributed by atoms with Gasteiger partial charge in [0.2, 0.25) is 0 Å². The lowest BCUT2D eigenvalue weighted by Crippen LogP contribution is -2.19. The molecule has 0 atom stereocenters. The molecule has 0 aliphatic heterocycles. The van der Waals surface area contributed by atoms with Gasteiger partial charge in [-0.1, -0.05) is 155 Å². The Kier molecular flexibility index (Phi) is 23.0. The summed E-state index contributed by atoms with van der Waals surface area (Å²) in [5.41, 5.74) is 6.13. The fourth-order valence-corrected chi connectivity index (χ4v) is 9.36. The average Bonchev–Trinajstić information content (AvgIpc) is 3.38. The van der Waals surface area contributed by atoms with Crippen molar-refractivity contribution >= 4 is 41.5 Å². The minimum absolute atomic E-state index is 0. The molecular weight excluding hydrogens is 1130 g/mol. The van der Waals surface area contributed by atoms with E-state index in [0.717, 1.165) is 56.5 Å². The average molecular weight is 1200 g/mol. The minimum atomic E-state index is -5.09. The van der Waals surface area contributed by atoms with Gasteiger partial charge in [-0.2, -0.15) is 25.3 Å². The molecular formula is C59H64F2O16S4. The highest BCUT2D eigenvalue weighted by molar-refractivity contribution is 7.86. The first-order valence-electron chi connectivity index (χ1n) is 23.0. The molecule has 434 valence electrons. The molecule has 8 rings (SSSR count). The third kappa shape index (κ3) is 20.5. The van der Waals surface area contributed by atoms with Gasteiger partial charge in [0.25, 0.3) is 0 Å². The maximum Gasteiger partial charge on any atom is 0.500 e. The number of hydrogen-bond acceptors (Lipinski definition) is 16. The number of aromatic hydroxyl groups is 2. The predicted molar refractivity (Wildman–Crippen MR) is 311 cm³/mol. The van der Waals surface area contributed by atoms with Crippen LogP contribution in [-0.4, -0.2) is 57.2 Å². The second-order valence-electron chi connectivity index (χ2n) is 18.0. The Bertz CT molecular complexity index is 3610. The van der Waals surface area contributed by atoms with E-state index in [1.54, 1.807) is 128 Å². The molecule has 0 saturated carbocycles. The molecule has 81 heavy (non-hydrogen) atoms. The highest BCUT2D eigenvalue weighted by atomic mass is 32.3. The number of methoxy groups -OCH3 is 1. The summed E-state index contributed by atoms with van der Waals surface area (Å²) in [6, 6.07) is 52.9. The first-order valence-corrected chi connectivity index (χ1v) is 28.8. The summed E-state index contributed by atoms with van der Waals surface area (Å²) in [4.78, 5) is 0. The second-order valence-corrected chi connectivity index (χ2v) is 22.6. The maximum atomic E-state index is 12.5. The topological polar surface area (TPSA) is 232 Å². The van der Waals surface area contributed by atoms with Gasteiger partial charge in [0.1, 0.15) is 46.0 Å². The highest BCUT2D eigenvalue weighted by Gasteiger charge is 2.26. The predicted octanol–water partition coefficient (Wildman–Crippen LogP) is 13.6. The molecule has 0 aliphatic rings. The second kappa shape index (κ2) is 27.8. The molecule has 0 radical (unpaired) electrons. The van der Waals surface area contributed by atoms with E-state index in [1.807, 2.05) is 76.2 Å². The molecule has 8 aromatic carbocycles. The molecule has 0 unspecified atom stereocenters. The van der Waals surface area contributed by atoms with Gasteiger partial charge in [-0.05, 0) is 142 Å². The first kappa shape index (κ1) is 67.1. The molecule has 0 heterocycles. The number of phenolic OH excluding ortho intramolecular Hbond substituents is 2. The van der Waals surface area contributed by atoms with Crippen LogP contribution in [0.4, 0.5) is 7.77 Å². The van der Waals surface area contributed by atoms with Gasteiger partial charge in [-0.15, -0.1) is 8.42 Å². The van der Waals surface area contributed by atoms with Crippen LogP contribution in [0.3, 0.4) is 0 Å². The summed E-state index contributed by atoms with van der Waals surface area (Å²) in [7, 11) is -16.6. The molecule has 0 amide bonds. The zero-order valence-electron chi connectivity index (χ0n) is 42.5. The van der Waals surface area contributed by atoms with Crippen LogP contribution in [0.2, 0.25) is 0 Å². The van der Waals surface area contributed by atoms with Crippen molar-refractivity contribution in [3.05, 3.63) is 216 Å². The van der Waals surface area contributed by atoms with Gasteiger partial charge >= 0.3 is 41.5 Å². The Hall–Kier alpha value is -8.18. The van der Waals surface area contributed by atoms with E-state index < -0.39 is 52.4 Å². The van der Waals surface area contributed by atoms with Crippen molar-refractivity contribution in [3.8, 4) is 68.2 Å². The van der Waals surface area contributed by atoms with Crippen LogP contribution in [0, 0.1) is 0 Å². The lowest BCUT2D eigenvalue weighted by Gasteiger charge is -2.26. The number of halogens is 2. The zero-order valence-corrected chi connectivity index (χ0v) is 45.7. The van der Waals surface area contributed by atoms with E-state index in [2.05, 4.69) is 8.37 Å². The number of rotatable bonds is 17. The number of ether oxygens (including phenoxy) is 1.